The van der Waals surface area contributed by atoms with Crippen molar-refractivity contribution in [2.24, 2.45) is 0 Å². The highest BCUT2D eigenvalue weighted by Crippen LogP contribution is 2.48. The standard InChI is InChI=1S/C24H21F6O2S2/c1-31-17-32-22(23(25,26)27,24(28,29)30)16-33-18-12-14-21(15-13-18)34(19-8-4-2-5-9-19)20-10-6-3-7-11-20/h2-15H,16-17H2,1H3/q+1. The summed E-state index contributed by atoms with van der Waals surface area (Å²) >= 11 is 0.426. The van der Waals surface area contributed by atoms with Gasteiger partial charge in [0.15, 0.2) is 14.7 Å². The van der Waals surface area contributed by atoms with E-state index in [1.54, 1.807) is 12.1 Å². The molecule has 182 valence electrons. The molecule has 0 aromatic heterocycles. The maximum absolute atomic E-state index is 13.5. The van der Waals surface area contributed by atoms with Gasteiger partial charge in [-0.3, -0.25) is 0 Å². The number of halogens is 6. The molecule has 0 spiro atoms. The van der Waals surface area contributed by atoms with Crippen LogP contribution in [0.2, 0.25) is 0 Å². The Bertz CT molecular complexity index is 972. The lowest BCUT2D eigenvalue weighted by molar-refractivity contribution is -0.383. The molecule has 0 aliphatic rings. The molecular formula is C24H21F6O2S2+. The molecule has 0 heterocycles. The van der Waals surface area contributed by atoms with Crippen molar-refractivity contribution in [3.63, 3.8) is 0 Å². The average molecular weight is 520 g/mol. The summed E-state index contributed by atoms with van der Waals surface area (Å²) in [5.74, 6) is -1.40. The van der Waals surface area contributed by atoms with Crippen LogP contribution >= 0.6 is 11.8 Å². The molecule has 0 amide bonds. The van der Waals surface area contributed by atoms with Crippen LogP contribution in [0.3, 0.4) is 0 Å². The van der Waals surface area contributed by atoms with Gasteiger partial charge < -0.3 is 9.47 Å². The summed E-state index contributed by atoms with van der Waals surface area (Å²) < 4.78 is 89.7. The van der Waals surface area contributed by atoms with Gasteiger partial charge >= 0.3 is 12.4 Å². The van der Waals surface area contributed by atoms with E-state index in [-0.39, 0.29) is 4.90 Å². The average Bonchev–Trinajstić information content (AvgIpc) is 2.80. The zero-order chi connectivity index (χ0) is 24.8. The van der Waals surface area contributed by atoms with E-state index in [0.717, 1.165) is 21.8 Å². The fourth-order valence-corrected chi connectivity index (χ4v) is 6.26. The van der Waals surface area contributed by atoms with Crippen LogP contribution in [0.5, 0.6) is 0 Å². The zero-order valence-electron chi connectivity index (χ0n) is 17.9. The number of benzene rings is 3. The number of thioether (sulfide) groups is 1. The van der Waals surface area contributed by atoms with E-state index in [4.69, 9.17) is 0 Å². The monoisotopic (exact) mass is 519 g/mol. The fourth-order valence-electron chi connectivity index (χ4n) is 3.07. The molecular weight excluding hydrogens is 498 g/mol. The van der Waals surface area contributed by atoms with Crippen molar-refractivity contribution < 1.29 is 35.8 Å². The van der Waals surface area contributed by atoms with Crippen LogP contribution in [-0.4, -0.2) is 37.6 Å². The Hall–Kier alpha value is -2.14. The lowest BCUT2D eigenvalue weighted by atomic mass is 10.1. The summed E-state index contributed by atoms with van der Waals surface area (Å²) in [6.45, 7) is -1.14. The predicted octanol–water partition coefficient (Wildman–Crippen LogP) is 7.36. The van der Waals surface area contributed by atoms with Gasteiger partial charge in [-0.25, -0.2) is 0 Å². The summed E-state index contributed by atoms with van der Waals surface area (Å²) in [6, 6.07) is 25.9. The Morgan fingerprint density at radius 1 is 0.676 bits per heavy atom. The number of hydrogen-bond donors (Lipinski definition) is 0. The highest BCUT2D eigenvalue weighted by atomic mass is 32.2. The Morgan fingerprint density at radius 2 is 1.12 bits per heavy atom. The molecule has 0 fully saturated rings. The molecule has 10 heteroatoms. The Balaban J connectivity index is 1.88. The van der Waals surface area contributed by atoms with E-state index >= 15 is 0 Å². The van der Waals surface area contributed by atoms with Crippen molar-refractivity contribution in [3.8, 4) is 0 Å². The number of hydrogen-bond acceptors (Lipinski definition) is 3. The van der Waals surface area contributed by atoms with Gasteiger partial charge in [-0.15, -0.1) is 11.8 Å². The largest absolute Gasteiger partial charge is 0.427 e. The lowest BCUT2D eigenvalue weighted by Gasteiger charge is -2.36. The molecule has 0 aliphatic carbocycles. The third-order valence-corrected chi connectivity index (χ3v) is 8.19. The first kappa shape index (κ1) is 26.5. The normalized spacial score (nSPS) is 12.8. The summed E-state index contributed by atoms with van der Waals surface area (Å²) in [4.78, 5) is 3.22. The smallest absolute Gasteiger partial charge is 0.359 e. The number of ether oxygens (including phenoxy) is 2. The van der Waals surface area contributed by atoms with E-state index < -0.39 is 41.4 Å². The van der Waals surface area contributed by atoms with Crippen LogP contribution in [0.15, 0.2) is 105 Å². The summed E-state index contributed by atoms with van der Waals surface area (Å²) in [6.07, 6.45) is -11.4. The molecule has 0 unspecified atom stereocenters. The summed E-state index contributed by atoms with van der Waals surface area (Å²) in [5.41, 5.74) is -4.35. The van der Waals surface area contributed by atoms with Gasteiger partial charge in [0.1, 0.15) is 6.79 Å². The second-order valence-corrected chi connectivity index (χ2v) is 10.1. The maximum atomic E-state index is 13.5. The molecule has 3 aromatic rings. The second kappa shape index (κ2) is 11.1. The highest BCUT2D eigenvalue weighted by Gasteiger charge is 2.72. The topological polar surface area (TPSA) is 18.5 Å². The summed E-state index contributed by atoms with van der Waals surface area (Å²) in [7, 11) is 0.472. The van der Waals surface area contributed by atoms with Gasteiger partial charge in [-0.05, 0) is 48.5 Å². The predicted molar refractivity (Wildman–Crippen MR) is 120 cm³/mol. The number of methoxy groups -OCH3 is 1. The molecule has 3 aromatic carbocycles. The number of rotatable bonds is 9. The zero-order valence-corrected chi connectivity index (χ0v) is 19.5. The molecule has 0 bridgehead atoms. The van der Waals surface area contributed by atoms with Crippen LogP contribution in [0.1, 0.15) is 0 Å². The van der Waals surface area contributed by atoms with E-state index in [9.17, 15) is 26.3 Å². The Kier molecular flexibility index (Phi) is 8.62. The maximum Gasteiger partial charge on any atom is 0.427 e. The van der Waals surface area contributed by atoms with Crippen molar-refractivity contribution in [3.05, 3.63) is 84.9 Å². The first-order valence-corrected chi connectivity index (χ1v) is 12.1. The summed E-state index contributed by atoms with van der Waals surface area (Å²) in [5, 5.41) is 0. The minimum absolute atomic E-state index is 0.257. The second-order valence-electron chi connectivity index (χ2n) is 7.07. The molecule has 0 N–H and O–H groups in total. The third-order valence-electron chi connectivity index (χ3n) is 4.80. The van der Waals surface area contributed by atoms with Crippen LogP contribution in [-0.2, 0) is 20.4 Å². The van der Waals surface area contributed by atoms with E-state index in [1.165, 1.54) is 12.1 Å². The van der Waals surface area contributed by atoms with Crippen molar-refractivity contribution >= 4 is 22.7 Å². The Morgan fingerprint density at radius 3 is 1.53 bits per heavy atom. The molecule has 0 saturated carbocycles. The minimum Gasteiger partial charge on any atom is -0.359 e. The highest BCUT2D eigenvalue weighted by molar-refractivity contribution is 7.99. The molecule has 0 saturated heterocycles. The first-order chi connectivity index (χ1) is 16.1. The van der Waals surface area contributed by atoms with Crippen LogP contribution in [0.25, 0.3) is 0 Å². The molecule has 34 heavy (non-hydrogen) atoms. The van der Waals surface area contributed by atoms with Crippen molar-refractivity contribution in [2.75, 3.05) is 19.7 Å². The van der Waals surface area contributed by atoms with Gasteiger partial charge in [-0.1, -0.05) is 36.4 Å². The van der Waals surface area contributed by atoms with Gasteiger partial charge in [0.2, 0.25) is 0 Å². The van der Waals surface area contributed by atoms with E-state index in [1.807, 2.05) is 60.7 Å². The van der Waals surface area contributed by atoms with Crippen LogP contribution < -0.4 is 0 Å². The first-order valence-electron chi connectivity index (χ1n) is 9.93. The van der Waals surface area contributed by atoms with E-state index in [0.29, 0.717) is 11.8 Å². The van der Waals surface area contributed by atoms with Crippen molar-refractivity contribution in [2.45, 2.75) is 37.5 Å². The quantitative estimate of drug-likeness (QED) is 0.127. The lowest BCUT2D eigenvalue weighted by Crippen LogP contribution is -2.61. The van der Waals surface area contributed by atoms with Crippen molar-refractivity contribution in [1.82, 2.24) is 0 Å². The molecule has 2 nitrogen and oxygen atoms in total. The van der Waals surface area contributed by atoms with Gasteiger partial charge in [0, 0.05) is 17.8 Å². The van der Waals surface area contributed by atoms with Crippen LogP contribution in [0, 0.1) is 0 Å². The fraction of sp³-hybridized carbons (Fsp3) is 0.250. The van der Waals surface area contributed by atoms with Gasteiger partial charge in [-0.2, -0.15) is 26.3 Å². The van der Waals surface area contributed by atoms with Crippen molar-refractivity contribution in [1.29, 1.82) is 0 Å². The Labute approximate surface area is 200 Å². The molecule has 0 radical (unpaired) electrons. The third kappa shape index (κ3) is 5.91. The van der Waals surface area contributed by atoms with Crippen LogP contribution in [0.4, 0.5) is 26.3 Å². The molecule has 0 atom stereocenters. The SMILES string of the molecule is COCOC(CSc1ccc([S+](c2ccccc2)c2ccccc2)cc1)(C(F)(F)F)C(F)(F)F. The number of alkyl halides is 6. The van der Waals surface area contributed by atoms with Gasteiger partial charge in [0.25, 0.3) is 5.60 Å². The van der Waals surface area contributed by atoms with E-state index in [2.05, 4.69) is 9.47 Å². The minimum atomic E-state index is -5.68. The van der Waals surface area contributed by atoms with Gasteiger partial charge in [0.05, 0.1) is 10.9 Å². The molecule has 0 aliphatic heterocycles. The molecule has 3 rings (SSSR count).